The van der Waals surface area contributed by atoms with Crippen molar-refractivity contribution < 1.29 is 0 Å². The van der Waals surface area contributed by atoms with E-state index in [2.05, 4.69) is 42.9 Å². The average Bonchev–Trinajstić information content (AvgIpc) is 2.18. The number of allylic oxidation sites excluding steroid dienone is 6. The molecule has 0 aromatic rings. The van der Waals surface area contributed by atoms with Gasteiger partial charge in [0.2, 0.25) is 0 Å². The maximum Gasteiger partial charge on any atom is -0.0166 e. The van der Waals surface area contributed by atoms with Crippen LogP contribution in [0.4, 0.5) is 0 Å². The van der Waals surface area contributed by atoms with Crippen LogP contribution in [0.15, 0.2) is 36.5 Å². The first-order chi connectivity index (χ1) is 6.50. The van der Waals surface area contributed by atoms with Crippen LogP contribution in [0.3, 0.4) is 0 Å². The lowest BCUT2D eigenvalue weighted by Gasteiger charge is -1.95. The van der Waals surface area contributed by atoms with E-state index >= 15 is 0 Å². The van der Waals surface area contributed by atoms with Crippen molar-refractivity contribution in [3.8, 4) is 0 Å². The van der Waals surface area contributed by atoms with Crippen molar-refractivity contribution in [1.29, 1.82) is 0 Å². The Kier molecular flexibility index (Phi) is 6.22. The Balaban J connectivity index is 2.29. The molecule has 0 aromatic carbocycles. The van der Waals surface area contributed by atoms with Gasteiger partial charge in [-0.3, -0.25) is 0 Å². The summed E-state index contributed by atoms with van der Waals surface area (Å²) < 4.78 is 0. The molecule has 0 saturated carbocycles. The smallest absolute Gasteiger partial charge is 0.0166 e. The Bertz CT molecular complexity index is 184. The van der Waals surface area contributed by atoms with Gasteiger partial charge in [0.1, 0.15) is 0 Å². The highest BCUT2D eigenvalue weighted by molar-refractivity contribution is 5.05. The molecule has 0 aromatic heterocycles. The van der Waals surface area contributed by atoms with E-state index in [4.69, 9.17) is 0 Å². The predicted octanol–water partition coefficient (Wildman–Crippen LogP) is 4.21. The van der Waals surface area contributed by atoms with Crippen LogP contribution in [-0.2, 0) is 0 Å². The van der Waals surface area contributed by atoms with Crippen molar-refractivity contribution in [1.82, 2.24) is 0 Å². The fourth-order valence-corrected chi connectivity index (χ4v) is 1.36. The Hall–Kier alpha value is -0.780. The van der Waals surface area contributed by atoms with E-state index in [9.17, 15) is 0 Å². The van der Waals surface area contributed by atoms with Crippen LogP contribution < -0.4 is 0 Å². The molecule has 0 fully saturated rings. The summed E-state index contributed by atoms with van der Waals surface area (Å²) in [4.78, 5) is 0. The number of rotatable bonds is 0. The molecule has 71 valence electrons. The second-order valence-electron chi connectivity index (χ2n) is 3.36. The standard InChI is InChI=1S/C13H19/c1-2-4-6-8-10-12-13-11-9-7-5-3-1/h1-4,7,9-10H,5-6,8,11-13H2/b3-1-,4-2+,9-7-. The molecule has 0 amide bonds. The van der Waals surface area contributed by atoms with Crippen molar-refractivity contribution in [2.24, 2.45) is 0 Å². The fraction of sp³-hybridized carbons (Fsp3) is 0.462. The summed E-state index contributed by atoms with van der Waals surface area (Å²) in [5.41, 5.74) is 0. The molecule has 0 spiro atoms. The van der Waals surface area contributed by atoms with Crippen molar-refractivity contribution >= 4 is 0 Å². The summed E-state index contributed by atoms with van der Waals surface area (Å²) in [6.45, 7) is 0. The summed E-state index contributed by atoms with van der Waals surface area (Å²) >= 11 is 0. The van der Waals surface area contributed by atoms with Crippen LogP contribution in [0.5, 0.6) is 0 Å². The van der Waals surface area contributed by atoms with Crippen LogP contribution in [0.1, 0.15) is 38.5 Å². The minimum atomic E-state index is 1.08. The highest BCUT2D eigenvalue weighted by Gasteiger charge is 1.87. The summed E-state index contributed by atoms with van der Waals surface area (Å²) in [6.07, 6.45) is 23.0. The molecular formula is C13H19. The molecule has 0 saturated heterocycles. The molecule has 0 N–H and O–H groups in total. The van der Waals surface area contributed by atoms with Gasteiger partial charge in [-0.2, -0.15) is 0 Å². The van der Waals surface area contributed by atoms with E-state index < -0.39 is 0 Å². The van der Waals surface area contributed by atoms with Crippen molar-refractivity contribution in [2.75, 3.05) is 0 Å². The highest BCUT2D eigenvalue weighted by atomic mass is 13.9. The zero-order chi connectivity index (χ0) is 9.19. The molecule has 0 aliphatic heterocycles. The lowest BCUT2D eigenvalue weighted by molar-refractivity contribution is 0.778. The maximum atomic E-state index is 2.40. The molecule has 0 bridgehead atoms. The topological polar surface area (TPSA) is 0 Å². The number of hydrogen-bond acceptors (Lipinski definition) is 0. The molecule has 0 unspecified atom stereocenters. The quantitative estimate of drug-likeness (QED) is 0.484. The van der Waals surface area contributed by atoms with Crippen molar-refractivity contribution in [2.45, 2.75) is 38.5 Å². The van der Waals surface area contributed by atoms with Gasteiger partial charge in [0, 0.05) is 0 Å². The predicted molar refractivity (Wildman–Crippen MR) is 59.4 cm³/mol. The molecule has 1 aliphatic carbocycles. The molecule has 1 radical (unpaired) electrons. The first-order valence-electron chi connectivity index (χ1n) is 5.28. The summed E-state index contributed by atoms with van der Waals surface area (Å²) in [6, 6.07) is 0. The van der Waals surface area contributed by atoms with E-state index in [0.29, 0.717) is 0 Å². The third kappa shape index (κ3) is 6.39. The molecule has 0 heterocycles. The largest absolute Gasteiger partial charge is 0.0882 e. The van der Waals surface area contributed by atoms with Gasteiger partial charge in [-0.1, -0.05) is 36.5 Å². The second-order valence-corrected chi connectivity index (χ2v) is 3.36. The lowest BCUT2D eigenvalue weighted by Crippen LogP contribution is -1.77. The Morgan fingerprint density at radius 1 is 0.615 bits per heavy atom. The third-order valence-corrected chi connectivity index (χ3v) is 2.14. The Labute approximate surface area is 82.0 Å². The Morgan fingerprint density at radius 2 is 1.54 bits per heavy atom. The van der Waals surface area contributed by atoms with E-state index in [1.807, 2.05) is 0 Å². The minimum absolute atomic E-state index is 1.08. The first-order valence-corrected chi connectivity index (χ1v) is 5.28. The van der Waals surface area contributed by atoms with E-state index in [0.717, 1.165) is 6.42 Å². The van der Waals surface area contributed by atoms with Gasteiger partial charge in [0.05, 0.1) is 0 Å². The van der Waals surface area contributed by atoms with Gasteiger partial charge in [0.25, 0.3) is 0 Å². The zero-order valence-electron chi connectivity index (χ0n) is 8.28. The monoisotopic (exact) mass is 175 g/mol. The molecule has 13 heavy (non-hydrogen) atoms. The summed E-state index contributed by atoms with van der Waals surface area (Å²) in [7, 11) is 0. The molecule has 0 nitrogen and oxygen atoms in total. The maximum absolute atomic E-state index is 2.40. The minimum Gasteiger partial charge on any atom is -0.0882 e. The normalized spacial score (nSPS) is 27.7. The van der Waals surface area contributed by atoms with Crippen LogP contribution in [0.25, 0.3) is 0 Å². The fourth-order valence-electron chi connectivity index (χ4n) is 1.36. The van der Waals surface area contributed by atoms with Crippen molar-refractivity contribution in [3.05, 3.63) is 42.9 Å². The van der Waals surface area contributed by atoms with Gasteiger partial charge in [-0.05, 0) is 44.9 Å². The van der Waals surface area contributed by atoms with Gasteiger partial charge in [0.15, 0.2) is 0 Å². The Morgan fingerprint density at radius 3 is 2.54 bits per heavy atom. The highest BCUT2D eigenvalue weighted by Crippen LogP contribution is 2.06. The van der Waals surface area contributed by atoms with Gasteiger partial charge >= 0.3 is 0 Å². The molecule has 0 heteroatoms. The molecule has 1 rings (SSSR count). The lowest BCUT2D eigenvalue weighted by atomic mass is 10.1. The number of hydrogen-bond donors (Lipinski definition) is 0. The van der Waals surface area contributed by atoms with Gasteiger partial charge in [-0.15, -0.1) is 0 Å². The molecule has 0 atom stereocenters. The van der Waals surface area contributed by atoms with Crippen molar-refractivity contribution in [3.63, 3.8) is 0 Å². The molecule has 1 aliphatic rings. The van der Waals surface area contributed by atoms with E-state index in [1.54, 1.807) is 0 Å². The van der Waals surface area contributed by atoms with Gasteiger partial charge < -0.3 is 0 Å². The zero-order valence-corrected chi connectivity index (χ0v) is 8.28. The average molecular weight is 175 g/mol. The van der Waals surface area contributed by atoms with Crippen LogP contribution in [-0.4, -0.2) is 0 Å². The summed E-state index contributed by atoms with van der Waals surface area (Å²) in [5.74, 6) is 0. The second kappa shape index (κ2) is 7.85. The third-order valence-electron chi connectivity index (χ3n) is 2.14. The van der Waals surface area contributed by atoms with Crippen LogP contribution >= 0.6 is 0 Å². The molecular weight excluding hydrogens is 156 g/mol. The summed E-state index contributed by atoms with van der Waals surface area (Å²) in [5, 5.41) is 0. The van der Waals surface area contributed by atoms with Crippen LogP contribution in [0.2, 0.25) is 0 Å². The first kappa shape index (κ1) is 10.3. The van der Waals surface area contributed by atoms with E-state index in [-0.39, 0.29) is 0 Å². The van der Waals surface area contributed by atoms with Gasteiger partial charge in [-0.25, -0.2) is 0 Å². The SMILES string of the molecule is [CH]1CC/C=C/C=C\C/C=C\CCC1. The van der Waals surface area contributed by atoms with E-state index in [1.165, 1.54) is 32.1 Å². The van der Waals surface area contributed by atoms with Crippen LogP contribution in [0, 0.1) is 6.42 Å².